The predicted molar refractivity (Wildman–Crippen MR) is 250 cm³/mol. The Kier molecular flexibility index (Phi) is 12.5. The van der Waals surface area contributed by atoms with Gasteiger partial charge in [0.15, 0.2) is 0 Å². The van der Waals surface area contributed by atoms with Crippen molar-refractivity contribution in [2.24, 2.45) is 11.8 Å². The van der Waals surface area contributed by atoms with Crippen LogP contribution in [0, 0.1) is 11.8 Å². The number of carbonyl (C=O) groups excluding carboxylic acids is 3. The SMILES string of the molecule is COC(=O)N[C@H](C(=O)N1CCC[C@H]1c1cc2ccc([C@H]3CC[C@H](c4ccc5cc([C@@H]6CCCN6C(=O)[C@@H](NC(=O)O)C(C)C)[nH]c5c4)N3c3ccc(C(C)(C)C)cc3)cc2[nH]1)C(C)C. The Morgan fingerprint density at radius 2 is 1.12 bits per heavy atom. The van der Waals surface area contributed by atoms with Gasteiger partial charge in [0.2, 0.25) is 11.8 Å². The van der Waals surface area contributed by atoms with Crippen LogP contribution in [0.3, 0.4) is 0 Å². The van der Waals surface area contributed by atoms with Crippen LogP contribution in [0.1, 0.15) is 139 Å². The van der Waals surface area contributed by atoms with Crippen molar-refractivity contribution in [3.8, 4) is 0 Å². The molecule has 0 radical (unpaired) electrons. The van der Waals surface area contributed by atoms with E-state index in [2.05, 4.69) is 119 Å². The summed E-state index contributed by atoms with van der Waals surface area (Å²) in [4.78, 5) is 65.2. The summed E-state index contributed by atoms with van der Waals surface area (Å²) in [6.07, 6.45) is 3.48. The number of hydrogen-bond acceptors (Lipinski definition) is 6. The largest absolute Gasteiger partial charge is 0.465 e. The second kappa shape index (κ2) is 17.9. The molecule has 0 spiro atoms. The Morgan fingerprint density at radius 3 is 1.55 bits per heavy atom. The van der Waals surface area contributed by atoms with Crippen molar-refractivity contribution < 1.29 is 29.0 Å². The van der Waals surface area contributed by atoms with Crippen molar-refractivity contribution in [2.45, 2.75) is 129 Å². The van der Waals surface area contributed by atoms with Gasteiger partial charge in [0.05, 0.1) is 31.3 Å². The zero-order valence-electron chi connectivity index (χ0n) is 38.5. The number of amides is 4. The summed E-state index contributed by atoms with van der Waals surface area (Å²) >= 11 is 0. The number of fused-ring (bicyclic) bond motifs is 2. The summed E-state index contributed by atoms with van der Waals surface area (Å²) in [6.45, 7) is 15.5. The third kappa shape index (κ3) is 8.77. The number of nitrogens with one attached hydrogen (secondary N) is 4. The number of alkyl carbamates (subject to hydrolysis) is 1. The fourth-order valence-corrected chi connectivity index (χ4v) is 10.5. The van der Waals surface area contributed by atoms with Crippen molar-refractivity contribution in [2.75, 3.05) is 25.1 Å². The Balaban J connectivity index is 1.09. The van der Waals surface area contributed by atoms with Gasteiger partial charge in [0.25, 0.3) is 0 Å². The maximum atomic E-state index is 13.9. The molecule has 8 rings (SSSR count). The minimum Gasteiger partial charge on any atom is -0.465 e. The maximum absolute atomic E-state index is 13.9. The fraction of sp³-hybridized carbons (Fsp3) is 0.490. The zero-order valence-corrected chi connectivity index (χ0v) is 38.5. The molecular weight excluding hydrogens is 807 g/mol. The Morgan fingerprint density at radius 1 is 0.656 bits per heavy atom. The Hall–Kier alpha value is -5.98. The molecule has 3 aromatic carbocycles. The van der Waals surface area contributed by atoms with Gasteiger partial charge in [-0.3, -0.25) is 9.59 Å². The molecule has 0 unspecified atom stereocenters. The number of anilines is 1. The first-order chi connectivity index (χ1) is 30.5. The Labute approximate surface area is 376 Å². The average molecular weight is 872 g/mol. The smallest absolute Gasteiger partial charge is 0.407 e. The minimum absolute atomic E-state index is 0.0180. The number of likely N-dealkylation sites (tertiary alicyclic amines) is 2. The van der Waals surface area contributed by atoms with E-state index in [-0.39, 0.29) is 53.2 Å². The van der Waals surface area contributed by atoms with E-state index < -0.39 is 24.3 Å². The van der Waals surface area contributed by atoms with Crippen molar-refractivity contribution in [1.82, 2.24) is 30.4 Å². The van der Waals surface area contributed by atoms with Crippen LogP contribution in [0.5, 0.6) is 0 Å². The second-order valence-electron chi connectivity index (χ2n) is 19.9. The Bertz CT molecular complexity index is 2520. The van der Waals surface area contributed by atoms with Gasteiger partial charge in [-0.1, -0.05) is 84.9 Å². The molecular formula is C51H65N7O6. The van der Waals surface area contributed by atoms with E-state index in [0.717, 1.165) is 77.4 Å². The molecule has 0 bridgehead atoms. The molecule has 13 heteroatoms. The first-order valence-corrected chi connectivity index (χ1v) is 23.1. The molecule has 6 atom stereocenters. The molecule has 4 amide bonds. The molecule has 5 heterocycles. The maximum Gasteiger partial charge on any atom is 0.407 e. The number of carboxylic acid groups (broad SMARTS) is 1. The van der Waals surface area contributed by atoms with Gasteiger partial charge in [0.1, 0.15) is 12.1 Å². The highest BCUT2D eigenvalue weighted by Crippen LogP contribution is 2.48. The van der Waals surface area contributed by atoms with E-state index in [1.54, 1.807) is 0 Å². The third-order valence-electron chi connectivity index (χ3n) is 13.9. The molecule has 3 fully saturated rings. The number of hydrogen-bond donors (Lipinski definition) is 5. The number of H-pyrrole nitrogens is 2. The molecule has 340 valence electrons. The predicted octanol–water partition coefficient (Wildman–Crippen LogP) is 10.0. The van der Waals surface area contributed by atoms with E-state index >= 15 is 0 Å². The van der Waals surface area contributed by atoms with Crippen LogP contribution in [0.4, 0.5) is 15.3 Å². The standard InChI is InChI=1S/C51H65N7O6/c1-29(2)45(54-49(61)62)47(59)56-23-9-11-43(56)39-25-31-13-15-33(27-37(31)52-39)41-21-22-42(58(41)36-19-17-35(18-20-36)51(5,6)7)34-16-14-32-26-40(53-38(32)28-34)44-12-10-24-57(44)48(60)46(30(3)4)55-50(63)64-8/h13-20,25-30,41-46,52-54H,9-12,21-24H2,1-8H3,(H,55,63)(H,61,62)/t41-,42-,43+,44+,45+,46+/m1/s1. The molecule has 64 heavy (non-hydrogen) atoms. The van der Waals surface area contributed by atoms with Gasteiger partial charge < -0.3 is 45.1 Å². The quantitative estimate of drug-likeness (QED) is 0.0882. The second-order valence-corrected chi connectivity index (χ2v) is 19.9. The highest BCUT2D eigenvalue weighted by molar-refractivity contribution is 5.88. The summed E-state index contributed by atoms with van der Waals surface area (Å²) < 4.78 is 4.84. The van der Waals surface area contributed by atoms with Gasteiger partial charge >= 0.3 is 12.2 Å². The number of benzene rings is 3. The molecule has 0 aliphatic carbocycles. The summed E-state index contributed by atoms with van der Waals surface area (Å²) in [7, 11) is 1.31. The monoisotopic (exact) mass is 871 g/mol. The lowest BCUT2D eigenvalue weighted by atomic mass is 9.87. The van der Waals surface area contributed by atoms with Crippen LogP contribution in [-0.2, 0) is 19.7 Å². The first-order valence-electron chi connectivity index (χ1n) is 23.1. The highest BCUT2D eigenvalue weighted by Gasteiger charge is 2.40. The molecule has 5 N–H and O–H groups in total. The van der Waals surface area contributed by atoms with Gasteiger partial charge in [-0.25, -0.2) is 9.59 Å². The summed E-state index contributed by atoms with van der Waals surface area (Å²) in [5, 5.41) is 16.9. The normalized spacial score (nSPS) is 21.3. The van der Waals surface area contributed by atoms with Crippen molar-refractivity contribution >= 4 is 51.5 Å². The summed E-state index contributed by atoms with van der Waals surface area (Å²) in [5.41, 5.74) is 8.91. The molecule has 5 aromatic rings. The number of ether oxygens (including phenoxy) is 1. The molecule has 3 aliphatic rings. The number of aromatic amines is 2. The van der Waals surface area contributed by atoms with E-state index in [1.807, 2.05) is 37.5 Å². The third-order valence-corrected chi connectivity index (χ3v) is 13.9. The first kappa shape index (κ1) is 44.6. The molecule has 0 saturated carbocycles. The van der Waals surface area contributed by atoms with Crippen LogP contribution in [-0.4, -0.2) is 81.2 Å². The van der Waals surface area contributed by atoms with Gasteiger partial charge in [-0.2, -0.15) is 0 Å². The number of nitrogens with zero attached hydrogens (tertiary/aromatic N) is 3. The molecule has 2 aromatic heterocycles. The number of aromatic nitrogens is 2. The number of rotatable bonds is 11. The van der Waals surface area contributed by atoms with Gasteiger partial charge in [0, 0.05) is 41.2 Å². The van der Waals surface area contributed by atoms with Crippen LogP contribution in [0.2, 0.25) is 0 Å². The topological polar surface area (TPSA) is 163 Å². The molecule has 3 aliphatic heterocycles. The van der Waals surface area contributed by atoms with Crippen LogP contribution in [0.25, 0.3) is 21.8 Å². The van der Waals surface area contributed by atoms with E-state index in [4.69, 9.17) is 4.74 Å². The summed E-state index contributed by atoms with van der Waals surface area (Å²) in [6, 6.07) is 25.2. The van der Waals surface area contributed by atoms with Crippen LogP contribution >= 0.6 is 0 Å². The fourth-order valence-electron chi connectivity index (χ4n) is 10.5. The number of carbonyl (C=O) groups is 4. The van der Waals surface area contributed by atoms with E-state index in [0.29, 0.717) is 13.1 Å². The van der Waals surface area contributed by atoms with Crippen molar-refractivity contribution in [1.29, 1.82) is 0 Å². The van der Waals surface area contributed by atoms with E-state index in [1.165, 1.54) is 23.8 Å². The summed E-state index contributed by atoms with van der Waals surface area (Å²) in [5.74, 6) is -0.556. The molecule has 3 saturated heterocycles. The van der Waals surface area contributed by atoms with Gasteiger partial charge in [-0.15, -0.1) is 0 Å². The zero-order chi connectivity index (χ0) is 45.6. The lowest BCUT2D eigenvalue weighted by Crippen LogP contribution is -2.51. The average Bonchev–Trinajstić information content (AvgIpc) is 4.11. The minimum atomic E-state index is -1.19. The lowest BCUT2D eigenvalue weighted by molar-refractivity contribution is -0.136. The van der Waals surface area contributed by atoms with Crippen LogP contribution in [0.15, 0.2) is 72.8 Å². The molecule has 13 nitrogen and oxygen atoms in total. The van der Waals surface area contributed by atoms with Crippen LogP contribution < -0.4 is 15.5 Å². The van der Waals surface area contributed by atoms with Gasteiger partial charge in [-0.05, 0) is 120 Å². The number of methoxy groups -OCH3 is 1. The lowest BCUT2D eigenvalue weighted by Gasteiger charge is -2.34. The van der Waals surface area contributed by atoms with Crippen molar-refractivity contribution in [3.63, 3.8) is 0 Å². The van der Waals surface area contributed by atoms with E-state index in [9.17, 15) is 24.3 Å². The van der Waals surface area contributed by atoms with Crippen molar-refractivity contribution in [3.05, 3.63) is 101 Å². The highest BCUT2D eigenvalue weighted by atomic mass is 16.5.